The zero-order valence-corrected chi connectivity index (χ0v) is 26.2. The van der Waals surface area contributed by atoms with E-state index in [4.69, 9.17) is 28.4 Å². The van der Waals surface area contributed by atoms with Crippen LogP contribution in [0.2, 0.25) is 0 Å². The standard InChI is InChI=1S/C36H37FO10/c1-4-33(38)44-21-8-6-5-7-20-42-28-16-12-27(13-17-28)36(41)47-32-19-18-30(24-31(32)37)46-35(40)26-10-14-29(15-11-26)43-22-9-23-45-34(39)25(2)3/h4,10-19,24H,1-2,5-9,20-23H2,3H3. The minimum absolute atomic E-state index is 0.0745. The summed E-state index contributed by atoms with van der Waals surface area (Å²) in [5.74, 6) is -2.60. The van der Waals surface area contributed by atoms with E-state index in [1.54, 1.807) is 31.2 Å². The smallest absolute Gasteiger partial charge is 0.343 e. The molecule has 0 spiro atoms. The van der Waals surface area contributed by atoms with Crippen molar-refractivity contribution in [1.29, 1.82) is 0 Å². The second-order valence-corrected chi connectivity index (χ2v) is 10.2. The fourth-order valence-corrected chi connectivity index (χ4v) is 3.84. The molecule has 3 rings (SSSR count). The summed E-state index contributed by atoms with van der Waals surface area (Å²) in [6, 6.07) is 15.9. The third kappa shape index (κ3) is 12.8. The van der Waals surface area contributed by atoms with E-state index in [9.17, 15) is 23.6 Å². The summed E-state index contributed by atoms with van der Waals surface area (Å²) in [5.41, 5.74) is 0.725. The molecule has 0 aliphatic rings. The van der Waals surface area contributed by atoms with Crippen LogP contribution in [0.3, 0.4) is 0 Å². The highest BCUT2D eigenvalue weighted by molar-refractivity contribution is 5.92. The van der Waals surface area contributed by atoms with Gasteiger partial charge in [-0.15, -0.1) is 0 Å². The van der Waals surface area contributed by atoms with Crippen LogP contribution in [0.5, 0.6) is 23.0 Å². The second kappa shape index (κ2) is 19.2. The Hall–Kier alpha value is -5.45. The van der Waals surface area contributed by atoms with Crippen LogP contribution >= 0.6 is 0 Å². The first-order valence-electron chi connectivity index (χ1n) is 15.0. The molecular weight excluding hydrogens is 611 g/mol. The average Bonchev–Trinajstić information content (AvgIpc) is 3.07. The minimum atomic E-state index is -0.889. The van der Waals surface area contributed by atoms with Crippen molar-refractivity contribution >= 4 is 23.9 Å². The summed E-state index contributed by atoms with van der Waals surface area (Å²) in [6.45, 7) is 9.75. The van der Waals surface area contributed by atoms with Crippen molar-refractivity contribution in [2.24, 2.45) is 0 Å². The lowest BCUT2D eigenvalue weighted by Gasteiger charge is -2.10. The maximum Gasteiger partial charge on any atom is 0.343 e. The fourth-order valence-electron chi connectivity index (χ4n) is 3.84. The number of carbonyl (C=O) groups excluding carboxylic acids is 4. The highest BCUT2D eigenvalue weighted by Gasteiger charge is 2.15. The second-order valence-electron chi connectivity index (χ2n) is 10.2. The van der Waals surface area contributed by atoms with Crippen LogP contribution in [-0.2, 0) is 19.1 Å². The van der Waals surface area contributed by atoms with Crippen molar-refractivity contribution in [3.8, 4) is 23.0 Å². The molecular formula is C36H37FO10. The first-order chi connectivity index (χ1) is 22.7. The quantitative estimate of drug-likeness (QED) is 0.0592. The number of benzene rings is 3. The molecule has 0 aliphatic carbocycles. The summed E-state index contributed by atoms with van der Waals surface area (Å²) in [4.78, 5) is 47.5. The monoisotopic (exact) mass is 648 g/mol. The van der Waals surface area contributed by atoms with Crippen LogP contribution < -0.4 is 18.9 Å². The van der Waals surface area contributed by atoms with Crippen LogP contribution in [0, 0.1) is 5.82 Å². The predicted molar refractivity (Wildman–Crippen MR) is 170 cm³/mol. The van der Waals surface area contributed by atoms with Gasteiger partial charge < -0.3 is 28.4 Å². The van der Waals surface area contributed by atoms with Crippen LogP contribution in [0.25, 0.3) is 0 Å². The molecule has 0 aromatic heterocycles. The molecule has 0 amide bonds. The third-order valence-corrected chi connectivity index (χ3v) is 6.35. The summed E-state index contributed by atoms with van der Waals surface area (Å²) in [5, 5.41) is 0. The molecule has 0 heterocycles. The van der Waals surface area contributed by atoms with Crippen molar-refractivity contribution in [2.75, 3.05) is 26.4 Å². The number of carbonyl (C=O) groups is 4. The first-order valence-corrected chi connectivity index (χ1v) is 15.0. The third-order valence-electron chi connectivity index (χ3n) is 6.35. The zero-order valence-electron chi connectivity index (χ0n) is 26.2. The normalized spacial score (nSPS) is 10.3. The van der Waals surface area contributed by atoms with Gasteiger partial charge in [-0.2, -0.15) is 0 Å². The van der Waals surface area contributed by atoms with Gasteiger partial charge in [-0.05, 0) is 93.3 Å². The summed E-state index contributed by atoms with van der Waals surface area (Å²) in [6.07, 6.45) is 4.98. The van der Waals surface area contributed by atoms with E-state index in [1.807, 2.05) is 0 Å². The van der Waals surface area contributed by atoms with Crippen molar-refractivity contribution in [1.82, 2.24) is 0 Å². The Morgan fingerprint density at radius 1 is 0.660 bits per heavy atom. The van der Waals surface area contributed by atoms with Crippen LogP contribution in [-0.4, -0.2) is 50.3 Å². The molecule has 10 nitrogen and oxygen atoms in total. The summed E-state index contributed by atoms with van der Waals surface area (Å²) < 4.78 is 46.3. The van der Waals surface area contributed by atoms with E-state index in [2.05, 4.69) is 13.2 Å². The number of unbranched alkanes of at least 4 members (excludes halogenated alkanes) is 3. The van der Waals surface area contributed by atoms with Gasteiger partial charge in [0.05, 0.1) is 37.6 Å². The molecule has 0 fully saturated rings. The number of halogens is 1. The van der Waals surface area contributed by atoms with Crippen molar-refractivity contribution in [3.63, 3.8) is 0 Å². The number of rotatable bonds is 19. The van der Waals surface area contributed by atoms with Gasteiger partial charge >= 0.3 is 23.9 Å². The Bertz CT molecular complexity index is 1530. The highest BCUT2D eigenvalue weighted by Crippen LogP contribution is 2.25. The molecule has 3 aromatic carbocycles. The highest BCUT2D eigenvalue weighted by atomic mass is 19.1. The van der Waals surface area contributed by atoms with Crippen LogP contribution in [0.15, 0.2) is 91.5 Å². The average molecular weight is 649 g/mol. The molecule has 0 radical (unpaired) electrons. The van der Waals surface area contributed by atoms with E-state index in [0.717, 1.165) is 37.8 Å². The van der Waals surface area contributed by atoms with E-state index in [-0.39, 0.29) is 29.2 Å². The molecule has 3 aromatic rings. The largest absolute Gasteiger partial charge is 0.494 e. The summed E-state index contributed by atoms with van der Waals surface area (Å²) >= 11 is 0. The maximum absolute atomic E-state index is 14.7. The molecule has 0 unspecified atom stereocenters. The molecule has 11 heteroatoms. The molecule has 248 valence electrons. The maximum atomic E-state index is 14.7. The van der Waals surface area contributed by atoms with Gasteiger partial charge in [-0.3, -0.25) is 0 Å². The van der Waals surface area contributed by atoms with E-state index < -0.39 is 29.7 Å². The van der Waals surface area contributed by atoms with Gasteiger partial charge in [-0.1, -0.05) is 13.2 Å². The molecule has 47 heavy (non-hydrogen) atoms. The van der Waals surface area contributed by atoms with Gasteiger partial charge in [0.25, 0.3) is 0 Å². The topological polar surface area (TPSA) is 124 Å². The molecule has 0 aliphatic heterocycles. The van der Waals surface area contributed by atoms with Gasteiger partial charge in [0.1, 0.15) is 17.2 Å². The molecule has 0 saturated carbocycles. The Morgan fingerprint density at radius 2 is 1.17 bits per heavy atom. The van der Waals surface area contributed by atoms with Crippen LogP contribution in [0.4, 0.5) is 4.39 Å². The lowest BCUT2D eigenvalue weighted by Crippen LogP contribution is -2.11. The summed E-state index contributed by atoms with van der Waals surface area (Å²) in [7, 11) is 0. The molecule has 0 bridgehead atoms. The lowest BCUT2D eigenvalue weighted by atomic mass is 10.2. The Morgan fingerprint density at radius 3 is 1.72 bits per heavy atom. The SMILES string of the molecule is C=CC(=O)OCCCCCCOc1ccc(C(=O)Oc2ccc(OC(=O)c3ccc(OCCCOC(=O)C(=C)C)cc3)cc2F)cc1. The van der Waals surface area contributed by atoms with E-state index in [1.165, 1.54) is 36.4 Å². The predicted octanol–water partition coefficient (Wildman–Crippen LogP) is 6.82. The fraction of sp³-hybridized carbons (Fsp3) is 0.278. The van der Waals surface area contributed by atoms with Gasteiger partial charge in [0.15, 0.2) is 11.6 Å². The van der Waals surface area contributed by atoms with Crippen molar-refractivity contribution < 1.29 is 52.0 Å². The molecule has 0 saturated heterocycles. The lowest BCUT2D eigenvalue weighted by molar-refractivity contribution is -0.139. The van der Waals surface area contributed by atoms with Crippen molar-refractivity contribution in [3.05, 3.63) is 108 Å². The molecule has 0 atom stereocenters. The Kier molecular flexibility index (Phi) is 14.7. The Labute approximate surface area is 272 Å². The van der Waals surface area contributed by atoms with E-state index in [0.29, 0.717) is 43.3 Å². The number of ether oxygens (including phenoxy) is 6. The minimum Gasteiger partial charge on any atom is -0.494 e. The first kappa shape index (κ1) is 36.0. The van der Waals surface area contributed by atoms with Gasteiger partial charge in [-0.25, -0.2) is 23.6 Å². The Balaban J connectivity index is 1.39. The van der Waals surface area contributed by atoms with Crippen LogP contribution in [0.1, 0.15) is 59.7 Å². The number of hydrogen-bond acceptors (Lipinski definition) is 10. The molecule has 0 N–H and O–H groups in total. The van der Waals surface area contributed by atoms with Gasteiger partial charge in [0.2, 0.25) is 0 Å². The zero-order chi connectivity index (χ0) is 34.0. The number of hydrogen-bond donors (Lipinski definition) is 0. The van der Waals surface area contributed by atoms with Gasteiger partial charge in [0, 0.05) is 24.1 Å². The number of esters is 4. The van der Waals surface area contributed by atoms with Crippen molar-refractivity contribution in [2.45, 2.75) is 39.0 Å². The van der Waals surface area contributed by atoms with E-state index >= 15 is 0 Å².